The van der Waals surface area contributed by atoms with E-state index in [1.807, 2.05) is 31.2 Å². The molecule has 8 heteroatoms. The van der Waals surface area contributed by atoms with Crippen LogP contribution in [0.25, 0.3) is 11.4 Å². The van der Waals surface area contributed by atoms with E-state index >= 15 is 0 Å². The molecule has 124 valence electrons. The van der Waals surface area contributed by atoms with Crippen molar-refractivity contribution in [2.75, 3.05) is 6.54 Å². The molecule has 1 unspecified atom stereocenters. The molecule has 1 amide bonds. The molecular formula is C16H17N5O3. The third-order valence-corrected chi connectivity index (χ3v) is 3.41. The summed E-state index contributed by atoms with van der Waals surface area (Å²) in [5, 5.41) is 24.4. The van der Waals surface area contributed by atoms with Gasteiger partial charge in [-0.15, -0.1) is 10.2 Å². The first-order chi connectivity index (χ1) is 11.6. The highest BCUT2D eigenvalue weighted by Crippen LogP contribution is 2.14. The maximum Gasteiger partial charge on any atom is 0.243 e. The lowest BCUT2D eigenvalue weighted by atomic mass is 10.1. The van der Waals surface area contributed by atoms with Gasteiger partial charge < -0.3 is 14.8 Å². The van der Waals surface area contributed by atoms with Crippen molar-refractivity contribution in [3.63, 3.8) is 0 Å². The Balaban J connectivity index is 1.54. The second kappa shape index (κ2) is 7.05. The molecule has 2 heterocycles. The van der Waals surface area contributed by atoms with Gasteiger partial charge in [0.25, 0.3) is 0 Å². The van der Waals surface area contributed by atoms with Gasteiger partial charge in [-0.25, -0.2) is 0 Å². The standard InChI is InChI=1S/C16H17N5O3/c1-11-4-6-12(7-5-11)16-18-20-21(19-16)10-15(23)17-9-13(22)14-3-2-8-24-14/h2-8,13,22H,9-10H2,1H3,(H,17,23). The first kappa shape index (κ1) is 15.9. The quantitative estimate of drug-likeness (QED) is 0.702. The summed E-state index contributed by atoms with van der Waals surface area (Å²) in [5.74, 6) is 0.530. The van der Waals surface area contributed by atoms with Crippen LogP contribution in [0.4, 0.5) is 0 Å². The largest absolute Gasteiger partial charge is 0.467 e. The van der Waals surface area contributed by atoms with Crippen LogP contribution in [-0.4, -0.2) is 37.8 Å². The molecule has 8 nitrogen and oxygen atoms in total. The predicted molar refractivity (Wildman–Crippen MR) is 84.7 cm³/mol. The van der Waals surface area contributed by atoms with E-state index in [-0.39, 0.29) is 19.0 Å². The number of nitrogens with one attached hydrogen (secondary N) is 1. The number of nitrogens with zero attached hydrogens (tertiary/aromatic N) is 4. The summed E-state index contributed by atoms with van der Waals surface area (Å²) in [7, 11) is 0. The summed E-state index contributed by atoms with van der Waals surface area (Å²) in [6.07, 6.45) is 0.572. The molecule has 0 aliphatic heterocycles. The zero-order chi connectivity index (χ0) is 16.9. The number of aromatic nitrogens is 4. The number of rotatable bonds is 6. The molecule has 0 aliphatic rings. The molecule has 0 saturated heterocycles. The highest BCUT2D eigenvalue weighted by atomic mass is 16.4. The maximum atomic E-state index is 11.9. The van der Waals surface area contributed by atoms with Gasteiger partial charge in [-0.1, -0.05) is 29.8 Å². The van der Waals surface area contributed by atoms with E-state index in [0.717, 1.165) is 11.1 Å². The summed E-state index contributed by atoms with van der Waals surface area (Å²) >= 11 is 0. The highest BCUT2D eigenvalue weighted by Gasteiger charge is 2.13. The average molecular weight is 327 g/mol. The number of aryl methyl sites for hydroxylation is 1. The number of benzene rings is 1. The van der Waals surface area contributed by atoms with Gasteiger partial charge in [-0.2, -0.15) is 4.80 Å². The molecule has 3 rings (SSSR count). The Hall–Kier alpha value is -3.00. The van der Waals surface area contributed by atoms with Gasteiger partial charge >= 0.3 is 0 Å². The zero-order valence-corrected chi connectivity index (χ0v) is 13.1. The van der Waals surface area contributed by atoms with Crippen LogP contribution < -0.4 is 5.32 Å². The molecule has 0 fully saturated rings. The van der Waals surface area contributed by atoms with Crippen LogP contribution in [0.5, 0.6) is 0 Å². The number of hydrogen-bond donors (Lipinski definition) is 2. The minimum atomic E-state index is -0.893. The number of carbonyl (C=O) groups is 1. The highest BCUT2D eigenvalue weighted by molar-refractivity contribution is 5.75. The summed E-state index contributed by atoms with van der Waals surface area (Å²) in [6, 6.07) is 11.0. The number of aliphatic hydroxyl groups is 1. The van der Waals surface area contributed by atoms with Crippen molar-refractivity contribution in [3.8, 4) is 11.4 Å². The molecule has 0 saturated carbocycles. The fraction of sp³-hybridized carbons (Fsp3) is 0.250. The van der Waals surface area contributed by atoms with Gasteiger partial charge in [-0.05, 0) is 24.3 Å². The van der Waals surface area contributed by atoms with E-state index in [1.54, 1.807) is 12.1 Å². The normalized spacial score (nSPS) is 12.1. The van der Waals surface area contributed by atoms with E-state index in [2.05, 4.69) is 20.7 Å². The number of hydrogen-bond acceptors (Lipinski definition) is 6. The minimum absolute atomic E-state index is 0.0475. The van der Waals surface area contributed by atoms with Crippen LogP contribution >= 0.6 is 0 Å². The smallest absolute Gasteiger partial charge is 0.243 e. The molecule has 0 bridgehead atoms. The van der Waals surface area contributed by atoms with E-state index in [4.69, 9.17) is 4.42 Å². The van der Waals surface area contributed by atoms with Gasteiger partial charge in [0.05, 0.1) is 12.8 Å². The van der Waals surface area contributed by atoms with E-state index in [9.17, 15) is 9.90 Å². The van der Waals surface area contributed by atoms with Gasteiger partial charge in [0.15, 0.2) is 0 Å². The number of tetrazole rings is 1. The molecular weight excluding hydrogens is 310 g/mol. The van der Waals surface area contributed by atoms with Crippen molar-refractivity contribution in [3.05, 3.63) is 54.0 Å². The molecule has 0 aliphatic carbocycles. The number of amides is 1. The Morgan fingerprint density at radius 2 is 2.12 bits per heavy atom. The van der Waals surface area contributed by atoms with Crippen LogP contribution in [0.15, 0.2) is 47.1 Å². The van der Waals surface area contributed by atoms with Crippen molar-refractivity contribution < 1.29 is 14.3 Å². The topological polar surface area (TPSA) is 106 Å². The minimum Gasteiger partial charge on any atom is -0.467 e. The zero-order valence-electron chi connectivity index (χ0n) is 13.1. The number of furan rings is 1. The fourth-order valence-corrected chi connectivity index (χ4v) is 2.10. The third-order valence-electron chi connectivity index (χ3n) is 3.41. The lowest BCUT2D eigenvalue weighted by Crippen LogP contribution is -2.32. The molecule has 2 aromatic heterocycles. The Morgan fingerprint density at radius 3 is 2.83 bits per heavy atom. The summed E-state index contributed by atoms with van der Waals surface area (Å²) in [4.78, 5) is 13.1. The summed E-state index contributed by atoms with van der Waals surface area (Å²) in [6.45, 7) is 1.96. The second-order valence-electron chi connectivity index (χ2n) is 5.34. The molecule has 1 aromatic carbocycles. The lowest BCUT2D eigenvalue weighted by Gasteiger charge is -2.08. The predicted octanol–water partition coefficient (Wildman–Crippen LogP) is 1.09. The van der Waals surface area contributed by atoms with Gasteiger partial charge in [0.1, 0.15) is 18.4 Å². The average Bonchev–Trinajstić information content (AvgIpc) is 3.25. The van der Waals surface area contributed by atoms with Crippen molar-refractivity contribution in [2.24, 2.45) is 0 Å². The van der Waals surface area contributed by atoms with Crippen LogP contribution in [0.2, 0.25) is 0 Å². The summed E-state index contributed by atoms with van der Waals surface area (Å²) < 4.78 is 5.07. The van der Waals surface area contributed by atoms with E-state index in [1.165, 1.54) is 11.1 Å². The van der Waals surface area contributed by atoms with Gasteiger partial charge in [-0.3, -0.25) is 4.79 Å². The Bertz CT molecular complexity index is 795. The molecule has 2 N–H and O–H groups in total. The second-order valence-corrected chi connectivity index (χ2v) is 5.34. The lowest BCUT2D eigenvalue weighted by molar-refractivity contribution is -0.122. The van der Waals surface area contributed by atoms with Crippen molar-refractivity contribution in [1.29, 1.82) is 0 Å². The van der Waals surface area contributed by atoms with Gasteiger partial charge in [0.2, 0.25) is 11.7 Å². The first-order valence-electron chi connectivity index (χ1n) is 7.45. The Labute approximate surface area is 138 Å². The van der Waals surface area contributed by atoms with Crippen molar-refractivity contribution in [2.45, 2.75) is 19.6 Å². The van der Waals surface area contributed by atoms with Gasteiger partial charge in [0, 0.05) is 5.56 Å². The monoisotopic (exact) mass is 327 g/mol. The van der Waals surface area contributed by atoms with E-state index < -0.39 is 6.10 Å². The Morgan fingerprint density at radius 1 is 1.33 bits per heavy atom. The molecule has 1 atom stereocenters. The molecule has 24 heavy (non-hydrogen) atoms. The maximum absolute atomic E-state index is 11.9. The fourth-order valence-electron chi connectivity index (χ4n) is 2.10. The van der Waals surface area contributed by atoms with Crippen molar-refractivity contribution >= 4 is 5.91 Å². The number of carbonyl (C=O) groups excluding carboxylic acids is 1. The van der Waals surface area contributed by atoms with Crippen molar-refractivity contribution in [1.82, 2.24) is 25.5 Å². The van der Waals surface area contributed by atoms with E-state index in [0.29, 0.717) is 11.6 Å². The third kappa shape index (κ3) is 3.85. The molecule has 3 aromatic rings. The number of aliphatic hydroxyl groups excluding tert-OH is 1. The van der Waals surface area contributed by atoms with Crippen LogP contribution in [-0.2, 0) is 11.3 Å². The molecule has 0 spiro atoms. The SMILES string of the molecule is Cc1ccc(-c2nnn(CC(=O)NCC(O)c3ccco3)n2)cc1. The van der Waals surface area contributed by atoms with Crippen LogP contribution in [0.3, 0.4) is 0 Å². The molecule has 0 radical (unpaired) electrons. The van der Waals surface area contributed by atoms with Crippen LogP contribution in [0, 0.1) is 6.92 Å². The summed E-state index contributed by atoms with van der Waals surface area (Å²) in [5.41, 5.74) is 1.97. The Kier molecular flexibility index (Phi) is 4.66. The first-order valence-corrected chi connectivity index (χ1v) is 7.45. The van der Waals surface area contributed by atoms with Crippen LogP contribution in [0.1, 0.15) is 17.4 Å².